The topological polar surface area (TPSA) is 52.3 Å². The van der Waals surface area contributed by atoms with Gasteiger partial charge in [-0.1, -0.05) is 12.8 Å². The molecule has 2 N–H and O–H groups in total. The lowest BCUT2D eigenvalue weighted by atomic mass is 10.1. The monoisotopic (exact) mass is 217 g/mol. The second kappa shape index (κ2) is 4.73. The summed E-state index contributed by atoms with van der Waals surface area (Å²) in [7, 11) is -0.762. The molecule has 1 aliphatic carbocycles. The summed E-state index contributed by atoms with van der Waals surface area (Å²) < 4.78 is 17.5. The van der Waals surface area contributed by atoms with Gasteiger partial charge >= 0.3 is 0 Å². The Morgan fingerprint density at radius 1 is 1.21 bits per heavy atom. The van der Waals surface area contributed by atoms with E-state index in [4.69, 9.17) is 10.5 Å². The molecule has 0 radical (unpaired) electrons. The van der Waals surface area contributed by atoms with Crippen LogP contribution in [0.25, 0.3) is 0 Å². The molecule has 14 heavy (non-hydrogen) atoms. The van der Waals surface area contributed by atoms with Gasteiger partial charge in [-0.2, -0.15) is 0 Å². The second-order valence-corrected chi connectivity index (χ2v) is 6.23. The van der Waals surface area contributed by atoms with Gasteiger partial charge in [0.1, 0.15) is 0 Å². The van der Waals surface area contributed by atoms with Crippen molar-refractivity contribution in [2.45, 2.75) is 48.6 Å². The normalized spacial score (nSPS) is 37.2. The Kier molecular flexibility index (Phi) is 3.57. The van der Waals surface area contributed by atoms with Gasteiger partial charge in [-0.25, -0.2) is 0 Å². The molecule has 0 bridgehead atoms. The summed E-state index contributed by atoms with van der Waals surface area (Å²) in [6.07, 6.45) is 5.58. The summed E-state index contributed by atoms with van der Waals surface area (Å²) in [5, 5.41) is 0.486. The van der Waals surface area contributed by atoms with Gasteiger partial charge < -0.3 is 10.5 Å². The van der Waals surface area contributed by atoms with Gasteiger partial charge in [0.05, 0.1) is 11.9 Å². The van der Waals surface area contributed by atoms with Gasteiger partial charge in [0, 0.05) is 28.7 Å². The van der Waals surface area contributed by atoms with Crippen molar-refractivity contribution in [3.05, 3.63) is 0 Å². The Morgan fingerprint density at radius 2 is 1.93 bits per heavy atom. The molecule has 1 saturated carbocycles. The van der Waals surface area contributed by atoms with E-state index < -0.39 is 10.8 Å². The van der Waals surface area contributed by atoms with Crippen LogP contribution in [0, 0.1) is 0 Å². The van der Waals surface area contributed by atoms with Crippen LogP contribution in [0.15, 0.2) is 0 Å². The van der Waals surface area contributed by atoms with E-state index in [-0.39, 0.29) is 11.3 Å². The molecule has 0 spiro atoms. The molecule has 4 heteroatoms. The third kappa shape index (κ3) is 2.18. The van der Waals surface area contributed by atoms with Gasteiger partial charge in [0.15, 0.2) is 0 Å². The first-order valence-corrected chi connectivity index (χ1v) is 6.79. The summed E-state index contributed by atoms with van der Waals surface area (Å²) >= 11 is 0. The fraction of sp³-hybridized carbons (Fsp3) is 1.00. The maximum atomic E-state index is 12.2. The standard InChI is InChI=1S/C10H19NO2S/c11-9-5-6-13-7-10(9)14(12)8-3-1-2-4-8/h8-10H,1-7,11H2. The fourth-order valence-corrected chi connectivity index (χ4v) is 4.34. The molecule has 1 saturated heterocycles. The van der Waals surface area contributed by atoms with E-state index in [0.717, 1.165) is 25.9 Å². The van der Waals surface area contributed by atoms with E-state index >= 15 is 0 Å². The molecule has 1 heterocycles. The molecule has 0 aromatic heterocycles. The zero-order valence-corrected chi connectivity index (χ0v) is 9.30. The van der Waals surface area contributed by atoms with Crippen molar-refractivity contribution in [3.63, 3.8) is 0 Å². The summed E-state index contributed by atoms with van der Waals surface area (Å²) in [5.74, 6) is 0. The minimum absolute atomic E-state index is 0.0881. The number of hydrogen-bond acceptors (Lipinski definition) is 3. The molecule has 3 nitrogen and oxygen atoms in total. The lowest BCUT2D eigenvalue weighted by Gasteiger charge is -2.29. The van der Waals surface area contributed by atoms with E-state index in [0.29, 0.717) is 11.9 Å². The molecular weight excluding hydrogens is 198 g/mol. The first-order valence-electron chi connectivity index (χ1n) is 5.52. The molecule has 82 valence electrons. The quantitative estimate of drug-likeness (QED) is 0.744. The van der Waals surface area contributed by atoms with Crippen molar-refractivity contribution in [1.82, 2.24) is 0 Å². The Hall–Kier alpha value is 0.0700. The maximum Gasteiger partial charge on any atom is 0.0736 e. The minimum atomic E-state index is -0.762. The van der Waals surface area contributed by atoms with Crippen LogP contribution in [0.5, 0.6) is 0 Å². The van der Waals surface area contributed by atoms with Crippen molar-refractivity contribution >= 4 is 10.8 Å². The molecular formula is C10H19NO2S. The summed E-state index contributed by atoms with van der Waals surface area (Å²) in [4.78, 5) is 0. The first-order chi connectivity index (χ1) is 6.79. The number of ether oxygens (including phenoxy) is 1. The molecule has 2 fully saturated rings. The Balaban J connectivity index is 1.94. The highest BCUT2D eigenvalue weighted by molar-refractivity contribution is 7.86. The highest BCUT2D eigenvalue weighted by Crippen LogP contribution is 2.26. The largest absolute Gasteiger partial charge is 0.380 e. The molecule has 0 aromatic rings. The number of hydrogen-bond donors (Lipinski definition) is 1. The van der Waals surface area contributed by atoms with Gasteiger partial charge in [0.25, 0.3) is 0 Å². The van der Waals surface area contributed by atoms with E-state index in [1.807, 2.05) is 0 Å². The average molecular weight is 217 g/mol. The van der Waals surface area contributed by atoms with Crippen molar-refractivity contribution in [1.29, 1.82) is 0 Å². The van der Waals surface area contributed by atoms with Crippen LogP contribution in [0.2, 0.25) is 0 Å². The highest BCUT2D eigenvalue weighted by Gasteiger charge is 2.33. The van der Waals surface area contributed by atoms with Gasteiger partial charge in [-0.3, -0.25) is 4.21 Å². The van der Waals surface area contributed by atoms with Crippen molar-refractivity contribution in [2.75, 3.05) is 13.2 Å². The summed E-state index contributed by atoms with van der Waals surface area (Å²) in [6.45, 7) is 1.34. The molecule has 0 amide bonds. The Bertz CT molecular complexity index is 216. The van der Waals surface area contributed by atoms with Crippen molar-refractivity contribution < 1.29 is 8.95 Å². The fourth-order valence-electron chi connectivity index (χ4n) is 2.34. The highest BCUT2D eigenvalue weighted by atomic mass is 32.2. The Labute approximate surface area is 87.8 Å². The zero-order chi connectivity index (χ0) is 9.97. The van der Waals surface area contributed by atoms with E-state index in [2.05, 4.69) is 0 Å². The van der Waals surface area contributed by atoms with Crippen LogP contribution in [0.3, 0.4) is 0 Å². The van der Waals surface area contributed by atoms with Gasteiger partial charge in [-0.05, 0) is 19.3 Å². The van der Waals surface area contributed by atoms with Crippen LogP contribution in [0.1, 0.15) is 32.1 Å². The summed E-state index contributed by atoms with van der Waals surface area (Å²) in [5.41, 5.74) is 5.97. The second-order valence-electron chi connectivity index (χ2n) is 4.30. The van der Waals surface area contributed by atoms with E-state index in [1.54, 1.807) is 0 Å². The lowest BCUT2D eigenvalue weighted by Crippen LogP contribution is -2.47. The van der Waals surface area contributed by atoms with E-state index in [9.17, 15) is 4.21 Å². The lowest BCUT2D eigenvalue weighted by molar-refractivity contribution is 0.0902. The predicted octanol–water partition coefficient (Wildman–Crippen LogP) is 0.794. The van der Waals surface area contributed by atoms with E-state index in [1.165, 1.54) is 12.8 Å². The first kappa shape index (κ1) is 10.6. The maximum absolute atomic E-state index is 12.2. The van der Waals surface area contributed by atoms with Crippen molar-refractivity contribution in [2.24, 2.45) is 5.73 Å². The third-order valence-corrected chi connectivity index (χ3v) is 5.50. The van der Waals surface area contributed by atoms with Crippen LogP contribution in [-0.4, -0.2) is 34.0 Å². The van der Waals surface area contributed by atoms with Crippen LogP contribution in [-0.2, 0) is 15.5 Å². The molecule has 0 aromatic carbocycles. The molecule has 3 atom stereocenters. The van der Waals surface area contributed by atoms with Gasteiger partial charge in [0.2, 0.25) is 0 Å². The molecule has 2 aliphatic rings. The van der Waals surface area contributed by atoms with Gasteiger partial charge in [-0.15, -0.1) is 0 Å². The van der Waals surface area contributed by atoms with Crippen LogP contribution < -0.4 is 5.73 Å². The number of nitrogens with two attached hydrogens (primary N) is 1. The average Bonchev–Trinajstić information content (AvgIpc) is 2.70. The molecule has 2 rings (SSSR count). The zero-order valence-electron chi connectivity index (χ0n) is 8.48. The predicted molar refractivity (Wildman–Crippen MR) is 57.6 cm³/mol. The van der Waals surface area contributed by atoms with Crippen LogP contribution >= 0.6 is 0 Å². The third-order valence-electron chi connectivity index (χ3n) is 3.28. The molecule has 3 unspecified atom stereocenters. The van der Waals surface area contributed by atoms with Crippen molar-refractivity contribution in [3.8, 4) is 0 Å². The van der Waals surface area contributed by atoms with Crippen LogP contribution in [0.4, 0.5) is 0 Å². The Morgan fingerprint density at radius 3 is 2.57 bits per heavy atom. The number of rotatable bonds is 2. The minimum Gasteiger partial charge on any atom is -0.380 e. The summed E-state index contributed by atoms with van der Waals surface area (Å²) in [6, 6.07) is 0.0881. The SMILES string of the molecule is NC1CCOCC1S(=O)C1CCCC1. The smallest absolute Gasteiger partial charge is 0.0736 e. The molecule has 1 aliphatic heterocycles.